The summed E-state index contributed by atoms with van der Waals surface area (Å²) in [6.45, 7) is 12.1. The van der Waals surface area contributed by atoms with Crippen LogP contribution < -0.4 is 21.7 Å². The molecule has 0 aliphatic rings. The van der Waals surface area contributed by atoms with Crippen LogP contribution in [0.4, 0.5) is 4.79 Å². The van der Waals surface area contributed by atoms with E-state index in [9.17, 15) is 24.0 Å². The summed E-state index contributed by atoms with van der Waals surface area (Å²) in [4.78, 5) is 61.1. The molecule has 1 aromatic carbocycles. The number of Topliss-reactive ketones (excluding diaryl/α,β-unsaturated/α-hetero) is 1. The van der Waals surface area contributed by atoms with Crippen LogP contribution in [0.3, 0.4) is 0 Å². The lowest BCUT2D eigenvalue weighted by Gasteiger charge is -2.25. The number of ketones is 1. The number of nitrogens with two attached hydrogens (primary N) is 1. The molecule has 0 radical (unpaired) electrons. The Morgan fingerprint density at radius 3 is 1.90 bits per heavy atom. The third kappa shape index (κ3) is 13.6. The van der Waals surface area contributed by atoms with Gasteiger partial charge in [-0.3, -0.25) is 19.2 Å². The highest BCUT2D eigenvalue weighted by Gasteiger charge is 2.27. The number of carbonyl (C=O) groups excluding carboxylic acids is 5. The van der Waals surface area contributed by atoms with Crippen molar-refractivity contribution in [1.82, 2.24) is 16.0 Å². The maximum absolute atomic E-state index is 13.3. The van der Waals surface area contributed by atoms with E-state index in [0.717, 1.165) is 11.1 Å². The number of carbonyl (C=O) groups is 5. The van der Waals surface area contributed by atoms with Gasteiger partial charge in [0.2, 0.25) is 11.8 Å². The first-order chi connectivity index (χ1) is 18.8. The van der Waals surface area contributed by atoms with Crippen molar-refractivity contribution in [3.63, 3.8) is 0 Å². The summed E-state index contributed by atoms with van der Waals surface area (Å²) in [6, 6.07) is 5.88. The molecule has 0 unspecified atom stereocenters. The molecule has 40 heavy (non-hydrogen) atoms. The minimum Gasteiger partial charge on any atom is -0.461 e. The Labute approximate surface area is 238 Å². The van der Waals surface area contributed by atoms with Gasteiger partial charge in [-0.05, 0) is 42.7 Å². The Morgan fingerprint density at radius 1 is 0.775 bits per heavy atom. The summed E-state index contributed by atoms with van der Waals surface area (Å²) in [5.41, 5.74) is 6.74. The van der Waals surface area contributed by atoms with E-state index in [1.807, 2.05) is 52.0 Å². The summed E-state index contributed by atoms with van der Waals surface area (Å²) < 4.78 is 5.25. The number of esters is 1. The number of benzene rings is 1. The topological polar surface area (TPSA) is 157 Å². The van der Waals surface area contributed by atoms with Gasteiger partial charge in [0, 0.05) is 31.3 Å². The molecule has 0 bridgehead atoms. The van der Waals surface area contributed by atoms with E-state index in [4.69, 9.17) is 10.5 Å². The first kappa shape index (κ1) is 34.6. The van der Waals surface area contributed by atoms with Gasteiger partial charge in [0.25, 0.3) is 0 Å². The molecule has 0 heterocycles. The average Bonchev–Trinajstić information content (AvgIpc) is 2.88. The molecule has 0 aliphatic heterocycles. The third-order valence-corrected chi connectivity index (χ3v) is 6.58. The van der Waals surface area contributed by atoms with Crippen LogP contribution in [0.2, 0.25) is 0 Å². The Bertz CT molecular complexity index is 975. The van der Waals surface area contributed by atoms with E-state index in [2.05, 4.69) is 16.0 Å². The van der Waals surface area contributed by atoms with Crippen molar-refractivity contribution in [2.75, 3.05) is 13.1 Å². The molecule has 5 N–H and O–H groups in total. The van der Waals surface area contributed by atoms with Gasteiger partial charge >= 0.3 is 12.0 Å². The van der Waals surface area contributed by atoms with Crippen LogP contribution in [0.5, 0.6) is 0 Å². The zero-order valence-electron chi connectivity index (χ0n) is 24.9. The predicted molar refractivity (Wildman–Crippen MR) is 154 cm³/mol. The second-order valence-corrected chi connectivity index (χ2v) is 11.2. The quantitative estimate of drug-likeness (QED) is 0.159. The lowest BCUT2D eigenvalue weighted by molar-refractivity contribution is -0.148. The fraction of sp³-hybridized carbons (Fsp3) is 0.633. The maximum atomic E-state index is 13.3. The second kappa shape index (κ2) is 18.0. The molecular weight excluding hydrogens is 512 g/mol. The minimum atomic E-state index is -0.726. The normalized spacial score (nSPS) is 12.6. The van der Waals surface area contributed by atoms with Crippen molar-refractivity contribution < 1.29 is 28.7 Å². The number of ether oxygens (including phenoxy) is 1. The van der Waals surface area contributed by atoms with Crippen molar-refractivity contribution in [3.05, 3.63) is 35.4 Å². The Kier molecular flexibility index (Phi) is 15.6. The number of urea groups is 1. The second-order valence-electron chi connectivity index (χ2n) is 11.2. The number of rotatable bonds is 18. The van der Waals surface area contributed by atoms with E-state index in [-0.39, 0.29) is 60.3 Å². The molecule has 4 amide bonds. The van der Waals surface area contributed by atoms with Gasteiger partial charge in [0.1, 0.15) is 6.61 Å². The first-order valence-electron chi connectivity index (χ1n) is 14.2. The zero-order valence-corrected chi connectivity index (χ0v) is 24.9. The van der Waals surface area contributed by atoms with Crippen molar-refractivity contribution in [1.29, 1.82) is 0 Å². The van der Waals surface area contributed by atoms with E-state index in [0.29, 0.717) is 38.8 Å². The largest absolute Gasteiger partial charge is 0.461 e. The molecule has 0 saturated heterocycles. The summed E-state index contributed by atoms with van der Waals surface area (Å²) in [7, 11) is 0. The highest BCUT2D eigenvalue weighted by atomic mass is 16.5. The number of hydrogen-bond acceptors (Lipinski definition) is 6. The van der Waals surface area contributed by atoms with Crippen LogP contribution in [0, 0.1) is 23.7 Å². The fourth-order valence-corrected chi connectivity index (χ4v) is 4.01. The molecule has 10 heteroatoms. The van der Waals surface area contributed by atoms with Gasteiger partial charge in [-0.1, -0.05) is 65.8 Å². The summed E-state index contributed by atoms with van der Waals surface area (Å²) in [6.07, 6.45) is 2.16. The van der Waals surface area contributed by atoms with Gasteiger partial charge in [-0.2, -0.15) is 0 Å². The molecular formula is C30H48N4O6. The van der Waals surface area contributed by atoms with Gasteiger partial charge in [0.15, 0.2) is 5.78 Å². The van der Waals surface area contributed by atoms with Crippen LogP contribution in [0.1, 0.15) is 78.4 Å². The third-order valence-electron chi connectivity index (χ3n) is 6.58. The standard InChI is InChI=1S/C30H48N4O6/c1-19(2)24(9-7-15-32-27(36)20(3)4)28(37)34-25(10-8-16-33-30(31)39)26(35)17-22-11-13-23(14-12-22)18-40-29(38)21(5)6/h11-14,19-21,24-25H,7-10,15-18H2,1-6H3,(H,32,36)(H,34,37)(H3,31,33,39)/t24-,25-/m1/s1. The molecule has 0 spiro atoms. The predicted octanol–water partition coefficient (Wildman–Crippen LogP) is 3.26. The van der Waals surface area contributed by atoms with Gasteiger partial charge in [-0.15, -0.1) is 0 Å². The molecule has 224 valence electrons. The van der Waals surface area contributed by atoms with E-state index >= 15 is 0 Å². The number of primary amides is 1. The Balaban J connectivity index is 2.83. The molecule has 0 aromatic heterocycles. The summed E-state index contributed by atoms with van der Waals surface area (Å²) >= 11 is 0. The SMILES string of the molecule is CC(C)C(=O)NCCC[C@@H](C(=O)N[C@H](CCCNC(N)=O)C(=O)Cc1ccc(COC(=O)C(C)C)cc1)C(C)C. The molecule has 1 rings (SSSR count). The average molecular weight is 561 g/mol. The Hall–Kier alpha value is -3.43. The van der Waals surface area contributed by atoms with Crippen LogP contribution in [-0.2, 0) is 36.9 Å². The van der Waals surface area contributed by atoms with Crippen LogP contribution in [-0.4, -0.2) is 48.7 Å². The Morgan fingerprint density at radius 2 is 1.35 bits per heavy atom. The zero-order chi connectivity index (χ0) is 30.2. The molecule has 2 atom stereocenters. The molecule has 1 aromatic rings. The lowest BCUT2D eigenvalue weighted by atomic mass is 9.89. The van der Waals surface area contributed by atoms with Crippen molar-refractivity contribution in [3.8, 4) is 0 Å². The number of amides is 4. The summed E-state index contributed by atoms with van der Waals surface area (Å²) in [5, 5.41) is 8.34. The van der Waals surface area contributed by atoms with Crippen LogP contribution >= 0.6 is 0 Å². The smallest absolute Gasteiger partial charge is 0.312 e. The minimum absolute atomic E-state index is 0.0228. The maximum Gasteiger partial charge on any atom is 0.312 e. The van der Waals surface area contributed by atoms with Gasteiger partial charge in [-0.25, -0.2) is 4.79 Å². The van der Waals surface area contributed by atoms with Gasteiger partial charge in [0.05, 0.1) is 12.0 Å². The highest BCUT2D eigenvalue weighted by molar-refractivity contribution is 5.91. The van der Waals surface area contributed by atoms with Crippen molar-refractivity contribution in [2.45, 2.75) is 86.3 Å². The lowest BCUT2D eigenvalue weighted by Crippen LogP contribution is -2.46. The van der Waals surface area contributed by atoms with E-state index < -0.39 is 12.1 Å². The van der Waals surface area contributed by atoms with Crippen molar-refractivity contribution in [2.24, 2.45) is 29.4 Å². The highest BCUT2D eigenvalue weighted by Crippen LogP contribution is 2.19. The first-order valence-corrected chi connectivity index (χ1v) is 14.2. The molecule has 0 fully saturated rings. The number of nitrogens with one attached hydrogen (secondary N) is 3. The monoisotopic (exact) mass is 560 g/mol. The van der Waals surface area contributed by atoms with Gasteiger partial charge < -0.3 is 26.4 Å². The fourth-order valence-electron chi connectivity index (χ4n) is 4.01. The molecule has 0 saturated carbocycles. The van der Waals surface area contributed by atoms with E-state index in [1.165, 1.54) is 0 Å². The summed E-state index contributed by atoms with van der Waals surface area (Å²) in [5.74, 6) is -1.21. The van der Waals surface area contributed by atoms with Crippen LogP contribution in [0.25, 0.3) is 0 Å². The molecule has 10 nitrogen and oxygen atoms in total. The number of hydrogen-bond donors (Lipinski definition) is 4. The van der Waals surface area contributed by atoms with E-state index in [1.54, 1.807) is 13.8 Å². The molecule has 0 aliphatic carbocycles. The van der Waals surface area contributed by atoms with Crippen LogP contribution in [0.15, 0.2) is 24.3 Å². The van der Waals surface area contributed by atoms with Crippen molar-refractivity contribution >= 4 is 29.6 Å².